The van der Waals surface area contributed by atoms with Crippen LogP contribution >= 0.6 is 0 Å². The Hall–Kier alpha value is -2.92. The summed E-state index contributed by atoms with van der Waals surface area (Å²) in [6.45, 7) is 19.8. The molecule has 1 fully saturated rings. The zero-order valence-electron chi connectivity index (χ0n) is 28.4. The van der Waals surface area contributed by atoms with E-state index < -0.39 is 29.0 Å². The van der Waals surface area contributed by atoms with Crippen LogP contribution in [0, 0.1) is 0 Å². The number of rotatable bonds is 8. The molecule has 1 saturated heterocycles. The third-order valence-corrected chi connectivity index (χ3v) is 7.33. The molecule has 1 aromatic rings. The normalized spacial score (nSPS) is 19.3. The summed E-state index contributed by atoms with van der Waals surface area (Å²) < 4.78 is 16.8. The van der Waals surface area contributed by atoms with Crippen molar-refractivity contribution in [3.8, 4) is 0 Å². The number of amides is 3. The number of piperazine rings is 1. The Bertz CT molecular complexity index is 1090. The molecule has 1 aliphatic heterocycles. The van der Waals surface area contributed by atoms with Crippen molar-refractivity contribution in [2.45, 2.75) is 123 Å². The number of nitrogens with one attached hydrogen (secondary N) is 1. The SMILES string of the molecule is CC(C)(C)OC(=O)N(CCCCN(C[C@@H]1CNCCN1C(=O)OC(C)(C)C)[C@H]1CCCc2cccnc21)C(=O)OC(C)(C)C. The van der Waals surface area contributed by atoms with Crippen LogP contribution in [0.25, 0.3) is 0 Å². The number of fused-ring (bicyclic) bond motifs is 1. The van der Waals surface area contributed by atoms with Gasteiger partial charge in [-0.2, -0.15) is 0 Å². The van der Waals surface area contributed by atoms with Gasteiger partial charge in [0.05, 0.1) is 17.8 Å². The molecule has 2 atom stereocenters. The second-order valence-corrected chi connectivity index (χ2v) is 14.8. The number of nitrogens with zero attached hydrogens (tertiary/aromatic N) is 4. The highest BCUT2D eigenvalue weighted by Gasteiger charge is 2.35. The first-order valence-electron chi connectivity index (χ1n) is 16.1. The first-order valence-corrected chi connectivity index (χ1v) is 16.1. The largest absolute Gasteiger partial charge is 0.444 e. The quantitative estimate of drug-likeness (QED) is 0.280. The molecule has 0 spiro atoms. The van der Waals surface area contributed by atoms with E-state index in [1.807, 2.05) is 37.9 Å². The number of aryl methyl sites for hydroxylation is 1. The number of aromatic nitrogens is 1. The summed E-state index contributed by atoms with van der Waals surface area (Å²) in [5.74, 6) is 0. The number of imide groups is 1. The average molecular weight is 618 g/mol. The summed E-state index contributed by atoms with van der Waals surface area (Å²) in [4.78, 5) is 49.3. The highest BCUT2D eigenvalue weighted by molar-refractivity contribution is 5.88. The van der Waals surface area contributed by atoms with E-state index in [2.05, 4.69) is 16.3 Å². The third kappa shape index (κ3) is 11.2. The summed E-state index contributed by atoms with van der Waals surface area (Å²) in [5.41, 5.74) is 0.288. The molecule has 11 nitrogen and oxygen atoms in total. The highest BCUT2D eigenvalue weighted by atomic mass is 16.6. The van der Waals surface area contributed by atoms with E-state index in [0.717, 1.165) is 29.9 Å². The Labute approximate surface area is 264 Å². The predicted molar refractivity (Wildman–Crippen MR) is 169 cm³/mol. The Kier molecular flexibility index (Phi) is 12.0. The summed E-state index contributed by atoms with van der Waals surface area (Å²) in [5, 5.41) is 3.45. The number of hydrogen-bond acceptors (Lipinski definition) is 9. The Morgan fingerprint density at radius 2 is 1.55 bits per heavy atom. The lowest BCUT2D eigenvalue weighted by molar-refractivity contribution is 0.000968. The lowest BCUT2D eigenvalue weighted by Crippen LogP contribution is -2.58. The molecule has 0 radical (unpaired) electrons. The minimum Gasteiger partial charge on any atom is -0.444 e. The summed E-state index contributed by atoms with van der Waals surface area (Å²) >= 11 is 0. The molecule has 1 aliphatic carbocycles. The van der Waals surface area contributed by atoms with Crippen LogP contribution in [0.5, 0.6) is 0 Å². The van der Waals surface area contributed by atoms with Gasteiger partial charge >= 0.3 is 18.3 Å². The maximum atomic E-state index is 13.2. The number of carbonyl (C=O) groups excluding carboxylic acids is 3. The summed E-state index contributed by atoms with van der Waals surface area (Å²) in [7, 11) is 0. The Balaban J connectivity index is 1.77. The minimum atomic E-state index is -0.746. The molecule has 3 amide bonds. The molecule has 0 saturated carbocycles. The van der Waals surface area contributed by atoms with Crippen molar-refractivity contribution < 1.29 is 28.6 Å². The fourth-order valence-corrected chi connectivity index (χ4v) is 5.55. The lowest BCUT2D eigenvalue weighted by Gasteiger charge is -2.42. The number of hydrogen-bond donors (Lipinski definition) is 1. The van der Waals surface area contributed by atoms with E-state index >= 15 is 0 Å². The van der Waals surface area contributed by atoms with Crippen LogP contribution in [0.1, 0.15) is 105 Å². The molecule has 0 unspecified atom stereocenters. The first-order chi connectivity index (χ1) is 20.4. The zero-order chi connectivity index (χ0) is 32.7. The van der Waals surface area contributed by atoms with Crippen molar-refractivity contribution in [1.82, 2.24) is 25.0 Å². The van der Waals surface area contributed by atoms with Crippen LogP contribution in [-0.4, -0.2) is 100 Å². The van der Waals surface area contributed by atoms with Gasteiger partial charge in [0.25, 0.3) is 0 Å². The molecule has 2 heterocycles. The van der Waals surface area contributed by atoms with Gasteiger partial charge in [-0.15, -0.1) is 0 Å². The fourth-order valence-electron chi connectivity index (χ4n) is 5.55. The van der Waals surface area contributed by atoms with Gasteiger partial charge in [0.1, 0.15) is 16.8 Å². The van der Waals surface area contributed by atoms with Crippen LogP contribution in [0.15, 0.2) is 18.3 Å². The monoisotopic (exact) mass is 617 g/mol. The minimum absolute atomic E-state index is 0.0762. The van der Waals surface area contributed by atoms with Gasteiger partial charge in [-0.25, -0.2) is 19.3 Å². The molecule has 0 aromatic carbocycles. The first kappa shape index (κ1) is 35.6. The van der Waals surface area contributed by atoms with Crippen molar-refractivity contribution in [3.63, 3.8) is 0 Å². The Morgan fingerprint density at radius 3 is 2.16 bits per heavy atom. The van der Waals surface area contributed by atoms with E-state index in [0.29, 0.717) is 45.6 Å². The highest BCUT2D eigenvalue weighted by Crippen LogP contribution is 2.33. The van der Waals surface area contributed by atoms with Gasteiger partial charge in [-0.1, -0.05) is 6.07 Å². The summed E-state index contributed by atoms with van der Waals surface area (Å²) in [6, 6.07) is 4.17. The number of ether oxygens (including phenoxy) is 3. The number of carbonyl (C=O) groups is 3. The molecular formula is C33H55N5O6. The van der Waals surface area contributed by atoms with Crippen molar-refractivity contribution in [3.05, 3.63) is 29.6 Å². The van der Waals surface area contributed by atoms with Gasteiger partial charge < -0.3 is 24.4 Å². The van der Waals surface area contributed by atoms with Crippen LogP contribution < -0.4 is 5.32 Å². The van der Waals surface area contributed by atoms with Crippen molar-refractivity contribution in [2.75, 3.05) is 39.3 Å². The van der Waals surface area contributed by atoms with Crippen LogP contribution in [-0.2, 0) is 20.6 Å². The van der Waals surface area contributed by atoms with Crippen molar-refractivity contribution >= 4 is 18.3 Å². The van der Waals surface area contributed by atoms with E-state index in [-0.39, 0.29) is 24.7 Å². The van der Waals surface area contributed by atoms with E-state index in [9.17, 15) is 14.4 Å². The maximum Gasteiger partial charge on any atom is 0.419 e. The van der Waals surface area contributed by atoms with Gasteiger partial charge in [0.15, 0.2) is 0 Å². The number of unbranched alkanes of at least 4 members (excludes halogenated alkanes) is 1. The van der Waals surface area contributed by atoms with Crippen molar-refractivity contribution in [2.24, 2.45) is 0 Å². The molecule has 1 N–H and O–H groups in total. The molecule has 2 aliphatic rings. The summed E-state index contributed by atoms with van der Waals surface area (Å²) in [6.07, 6.45) is 4.44. The molecule has 0 bridgehead atoms. The topological polar surface area (TPSA) is 114 Å². The van der Waals surface area contributed by atoms with Gasteiger partial charge in [-0.05, 0) is 113 Å². The number of pyridine rings is 1. The second kappa shape index (κ2) is 14.9. The second-order valence-electron chi connectivity index (χ2n) is 14.8. The molecule has 1 aromatic heterocycles. The molecular weight excluding hydrogens is 562 g/mol. The lowest BCUT2D eigenvalue weighted by atomic mass is 9.90. The smallest absolute Gasteiger partial charge is 0.419 e. The van der Waals surface area contributed by atoms with Gasteiger partial charge in [0, 0.05) is 38.9 Å². The maximum absolute atomic E-state index is 13.2. The molecule has 3 rings (SSSR count). The molecule has 11 heteroatoms. The van der Waals surface area contributed by atoms with Crippen LogP contribution in [0.3, 0.4) is 0 Å². The van der Waals surface area contributed by atoms with Crippen LogP contribution in [0.2, 0.25) is 0 Å². The van der Waals surface area contributed by atoms with E-state index in [4.69, 9.17) is 19.2 Å². The van der Waals surface area contributed by atoms with Crippen LogP contribution in [0.4, 0.5) is 14.4 Å². The van der Waals surface area contributed by atoms with Crippen molar-refractivity contribution in [1.29, 1.82) is 0 Å². The van der Waals surface area contributed by atoms with Gasteiger partial charge in [0.2, 0.25) is 0 Å². The zero-order valence-corrected chi connectivity index (χ0v) is 28.4. The average Bonchev–Trinajstić information content (AvgIpc) is 2.89. The van der Waals surface area contributed by atoms with E-state index in [1.54, 1.807) is 41.5 Å². The Morgan fingerprint density at radius 1 is 0.932 bits per heavy atom. The predicted octanol–water partition coefficient (Wildman–Crippen LogP) is 5.92. The molecule has 44 heavy (non-hydrogen) atoms. The van der Waals surface area contributed by atoms with E-state index in [1.165, 1.54) is 5.56 Å². The standard InChI is InChI=1S/C33H55N5O6/c1-31(2,3)42-28(39)37-21-18-34-22-25(37)23-36(26-16-12-14-24-15-13-17-35-27(24)26)19-10-11-20-38(29(40)43-32(4,5)6)30(41)44-33(7,8)9/h13,15,17,25-26,34H,10-12,14,16,18-23H2,1-9H3/t25-,26-/m0/s1. The molecule has 248 valence electrons. The third-order valence-electron chi connectivity index (χ3n) is 7.33. The fraction of sp³-hybridized carbons (Fsp3) is 0.758. The van der Waals surface area contributed by atoms with Gasteiger partial charge in [-0.3, -0.25) is 9.88 Å².